The van der Waals surface area contributed by atoms with Gasteiger partial charge in [0.25, 0.3) is 5.91 Å². The van der Waals surface area contributed by atoms with Crippen LogP contribution in [-0.4, -0.2) is 41.4 Å². The molecule has 6 rings (SSSR count). The number of amides is 3. The van der Waals surface area contributed by atoms with Crippen LogP contribution >= 0.6 is 0 Å². The van der Waals surface area contributed by atoms with Gasteiger partial charge < -0.3 is 30.0 Å². The normalized spacial score (nSPS) is 28.0. The van der Waals surface area contributed by atoms with Gasteiger partial charge in [0.15, 0.2) is 11.5 Å². The molecular weight excluding hydrogens is 454 g/mol. The monoisotopic (exact) mass is 477 g/mol. The highest BCUT2D eigenvalue weighted by Crippen LogP contribution is 2.50. The number of fused-ring (bicyclic) bond motifs is 5. The number of rotatable bonds is 5. The zero-order valence-corrected chi connectivity index (χ0v) is 18.9. The molecule has 4 atom stereocenters. The predicted octanol–water partition coefficient (Wildman–Crippen LogP) is -0.852. The number of likely N-dealkylation sites (tertiary alicyclic amines) is 1. The van der Waals surface area contributed by atoms with Gasteiger partial charge in [-0.3, -0.25) is 19.3 Å². The molecule has 4 aliphatic heterocycles. The third kappa shape index (κ3) is 2.99. The van der Waals surface area contributed by atoms with Gasteiger partial charge in [0.2, 0.25) is 24.1 Å². The van der Waals surface area contributed by atoms with Crippen LogP contribution in [0.15, 0.2) is 36.4 Å². The van der Waals surface area contributed by atoms with Crippen molar-refractivity contribution in [3.05, 3.63) is 53.1 Å². The first-order valence-electron chi connectivity index (χ1n) is 11.5. The number of aryl methyl sites for hydroxylation is 1. The van der Waals surface area contributed by atoms with E-state index in [-0.39, 0.29) is 32.1 Å². The number of nitrogens with one attached hydrogen (secondary N) is 1. The van der Waals surface area contributed by atoms with Crippen molar-refractivity contribution in [3.8, 4) is 11.5 Å². The van der Waals surface area contributed by atoms with Gasteiger partial charge in [0, 0.05) is 18.0 Å². The quantitative estimate of drug-likeness (QED) is 0.534. The molecule has 4 aliphatic rings. The highest BCUT2D eigenvalue weighted by Gasteiger charge is 2.74. The highest BCUT2D eigenvalue weighted by molar-refractivity contribution is 6.14. The lowest BCUT2D eigenvalue weighted by molar-refractivity contribution is -0.734. The first-order valence-corrected chi connectivity index (χ1v) is 11.5. The Morgan fingerprint density at radius 3 is 2.77 bits per heavy atom. The minimum atomic E-state index is -1.33. The van der Waals surface area contributed by atoms with Crippen LogP contribution in [0.5, 0.6) is 11.5 Å². The van der Waals surface area contributed by atoms with Crippen molar-refractivity contribution in [2.45, 2.75) is 37.9 Å². The molecule has 2 saturated heterocycles. The summed E-state index contributed by atoms with van der Waals surface area (Å²) in [5.41, 5.74) is 1.50. The lowest BCUT2D eigenvalue weighted by Gasteiger charge is -2.26. The van der Waals surface area contributed by atoms with Gasteiger partial charge in [-0.25, -0.2) is 0 Å². The van der Waals surface area contributed by atoms with E-state index in [2.05, 4.69) is 5.32 Å². The molecule has 10 heteroatoms. The number of quaternary nitrogens is 1. The van der Waals surface area contributed by atoms with Crippen molar-refractivity contribution in [2.24, 2.45) is 11.8 Å². The maximum absolute atomic E-state index is 13.8. The molecule has 0 aromatic heterocycles. The van der Waals surface area contributed by atoms with Gasteiger partial charge in [-0.05, 0) is 36.6 Å². The highest BCUT2D eigenvalue weighted by atomic mass is 16.7. The molecule has 3 N–H and O–H groups in total. The minimum Gasteiger partial charge on any atom is -0.550 e. The van der Waals surface area contributed by atoms with E-state index >= 15 is 0 Å². The van der Waals surface area contributed by atoms with Crippen LogP contribution in [0.3, 0.4) is 0 Å². The maximum Gasteiger partial charge on any atom is 0.291 e. The number of carbonyl (C=O) groups is 4. The molecule has 4 heterocycles. The van der Waals surface area contributed by atoms with Gasteiger partial charge >= 0.3 is 0 Å². The summed E-state index contributed by atoms with van der Waals surface area (Å²) in [6.45, 7) is 2.00. The van der Waals surface area contributed by atoms with Crippen LogP contribution in [0, 0.1) is 18.8 Å². The molecule has 1 spiro atoms. The summed E-state index contributed by atoms with van der Waals surface area (Å²) in [7, 11) is 0. The fourth-order valence-corrected chi connectivity index (χ4v) is 6.12. The molecule has 2 aromatic carbocycles. The van der Waals surface area contributed by atoms with Crippen molar-refractivity contribution >= 4 is 29.4 Å². The fraction of sp³-hybridized carbons (Fsp3) is 0.360. The Kier molecular flexibility index (Phi) is 4.65. The molecule has 10 nitrogen and oxygen atoms in total. The topological polar surface area (TPSA) is 142 Å². The van der Waals surface area contributed by atoms with E-state index < -0.39 is 41.2 Å². The van der Waals surface area contributed by atoms with Crippen molar-refractivity contribution in [1.82, 2.24) is 4.90 Å². The van der Waals surface area contributed by atoms with Crippen LogP contribution in [0.4, 0.5) is 5.69 Å². The Bertz CT molecular complexity index is 1310. The first kappa shape index (κ1) is 21.6. The molecule has 180 valence electrons. The molecule has 3 amide bonds. The van der Waals surface area contributed by atoms with Crippen LogP contribution in [0.1, 0.15) is 29.5 Å². The number of hydrogen-bond acceptors (Lipinski definition) is 7. The second-order valence-corrected chi connectivity index (χ2v) is 9.52. The van der Waals surface area contributed by atoms with Crippen molar-refractivity contribution < 1.29 is 39.1 Å². The summed E-state index contributed by atoms with van der Waals surface area (Å²) in [5, 5.41) is 15.9. The van der Waals surface area contributed by atoms with Crippen LogP contribution < -0.4 is 25.2 Å². The number of para-hydroxylation sites is 1. The van der Waals surface area contributed by atoms with Crippen LogP contribution in [0.2, 0.25) is 0 Å². The number of hydrogen-bond donors (Lipinski definition) is 2. The van der Waals surface area contributed by atoms with E-state index in [1.807, 2.05) is 19.1 Å². The molecule has 2 fully saturated rings. The minimum absolute atomic E-state index is 0.0207. The third-order valence-electron chi connectivity index (χ3n) is 7.66. The third-order valence-corrected chi connectivity index (χ3v) is 7.66. The van der Waals surface area contributed by atoms with Gasteiger partial charge in [-0.15, -0.1) is 0 Å². The summed E-state index contributed by atoms with van der Waals surface area (Å²) in [6, 6.07) is 10.1. The molecule has 2 aromatic rings. The summed E-state index contributed by atoms with van der Waals surface area (Å²) in [6.07, 6.45) is -0.164. The number of carboxylic acid groups (broad SMARTS) is 1. The van der Waals surface area contributed by atoms with Crippen LogP contribution in [0.25, 0.3) is 0 Å². The van der Waals surface area contributed by atoms with E-state index in [0.29, 0.717) is 28.3 Å². The zero-order valence-electron chi connectivity index (χ0n) is 18.9. The first-order chi connectivity index (χ1) is 16.8. The number of carboxylic acids is 1. The van der Waals surface area contributed by atoms with Gasteiger partial charge in [0.05, 0.1) is 12.2 Å². The predicted molar refractivity (Wildman–Crippen MR) is 117 cm³/mol. The maximum atomic E-state index is 13.8. The molecule has 0 radical (unpaired) electrons. The van der Waals surface area contributed by atoms with Crippen molar-refractivity contribution in [1.29, 1.82) is 0 Å². The Morgan fingerprint density at radius 2 is 1.97 bits per heavy atom. The summed E-state index contributed by atoms with van der Waals surface area (Å²) >= 11 is 0. The van der Waals surface area contributed by atoms with Gasteiger partial charge in [0.1, 0.15) is 17.9 Å². The van der Waals surface area contributed by atoms with Gasteiger partial charge in [-0.2, -0.15) is 0 Å². The summed E-state index contributed by atoms with van der Waals surface area (Å²) < 4.78 is 10.7. The van der Waals surface area contributed by atoms with Crippen molar-refractivity contribution in [2.75, 3.05) is 12.1 Å². The summed E-state index contributed by atoms with van der Waals surface area (Å²) in [5.74, 6) is -3.08. The van der Waals surface area contributed by atoms with Gasteiger partial charge in [-0.1, -0.05) is 24.3 Å². The van der Waals surface area contributed by atoms with E-state index in [1.54, 1.807) is 29.6 Å². The van der Waals surface area contributed by atoms with E-state index in [1.165, 1.54) is 4.90 Å². The number of ether oxygens (including phenoxy) is 2. The number of aliphatic carboxylic acids is 1. The SMILES string of the molecule is Cc1cccc2c1NC(=O)[C@]21[NH2+][C@@H](CCC(=O)[O-])[C@H]2C(=O)N(Cc3ccc4c(c3)OCO4)C(=O)[C@H]21. The van der Waals surface area contributed by atoms with E-state index in [0.717, 1.165) is 5.56 Å². The lowest BCUT2D eigenvalue weighted by atomic mass is 9.76. The van der Waals surface area contributed by atoms with E-state index in [4.69, 9.17) is 9.47 Å². The molecular formula is C25H23N3O7. The number of benzene rings is 2. The number of carbonyl (C=O) groups excluding carboxylic acids is 4. The smallest absolute Gasteiger partial charge is 0.291 e. The lowest BCUT2D eigenvalue weighted by Crippen LogP contribution is -2.99. The Morgan fingerprint density at radius 1 is 1.17 bits per heavy atom. The average Bonchev–Trinajstić information content (AvgIpc) is 3.55. The Labute approximate surface area is 200 Å². The standard InChI is InChI=1S/C25H23N3O7/c1-12-3-2-4-14-21(12)26-24(33)25(14)20-19(15(27-25)6-8-18(29)30)22(31)28(23(20)32)10-13-5-7-16-17(9-13)35-11-34-16/h2-5,7,9,15,19-20,27H,6,8,10-11H2,1H3,(H,26,33)(H,29,30)/t15-,19+,20-,25-/m0/s1. The van der Waals surface area contributed by atoms with E-state index in [9.17, 15) is 24.3 Å². The second kappa shape index (κ2) is 7.54. The zero-order chi connectivity index (χ0) is 24.5. The number of nitrogens with zero attached hydrogens (tertiary/aromatic N) is 1. The average molecular weight is 477 g/mol. The summed E-state index contributed by atoms with van der Waals surface area (Å²) in [4.78, 5) is 53.4. The van der Waals surface area contributed by atoms with Crippen molar-refractivity contribution in [3.63, 3.8) is 0 Å². The number of imide groups is 1. The Hall–Kier alpha value is -3.92. The molecule has 35 heavy (non-hydrogen) atoms. The van der Waals surface area contributed by atoms with Crippen LogP contribution in [-0.2, 0) is 31.3 Å². The number of anilines is 1. The Balaban J connectivity index is 1.40. The second-order valence-electron chi connectivity index (χ2n) is 9.52. The fourth-order valence-electron chi connectivity index (χ4n) is 6.12. The molecule has 0 saturated carbocycles. The molecule has 0 unspecified atom stereocenters. The largest absolute Gasteiger partial charge is 0.550 e. The molecule has 0 aliphatic carbocycles. The molecule has 0 bridgehead atoms. The number of nitrogens with two attached hydrogens (primary N) is 1.